The van der Waals surface area contributed by atoms with Crippen molar-refractivity contribution in [3.05, 3.63) is 34.9 Å². The Hall–Kier alpha value is -0.530. The van der Waals surface area contributed by atoms with Crippen LogP contribution in [0.5, 0.6) is 0 Å². The molecule has 1 nitrogen and oxygen atoms in total. The molecule has 0 heterocycles. The molecular weight excluding hydrogens is 206 g/mol. The fourth-order valence-electron chi connectivity index (χ4n) is 0.831. The molecule has 0 bridgehead atoms. The van der Waals surface area contributed by atoms with E-state index in [1.54, 1.807) is 0 Å². The summed E-state index contributed by atoms with van der Waals surface area (Å²) < 4.78 is 0. The van der Waals surface area contributed by atoms with Gasteiger partial charge in [0.1, 0.15) is 0 Å². The largest absolute Gasteiger partial charge is 0.319 e. The van der Waals surface area contributed by atoms with Gasteiger partial charge in [-0.25, -0.2) is 0 Å². The SMILES string of the molecule is C=C(CCNC)/C(C)=C/C=C(\C)Cl.CC. The number of hydrogen-bond donors (Lipinski definition) is 1. The standard InChI is InChI=1S/C11H18ClN.C2H6/c1-9(5-6-11(3)12)10(2)7-8-13-4;1-2/h5-6,13H,2,7-8H2,1,3-4H3;1-2H3/b9-5+,11-6+;. The van der Waals surface area contributed by atoms with Crippen LogP contribution in [0.4, 0.5) is 0 Å². The van der Waals surface area contributed by atoms with E-state index in [1.807, 2.05) is 46.9 Å². The Morgan fingerprint density at radius 1 is 1.27 bits per heavy atom. The van der Waals surface area contributed by atoms with Crippen LogP contribution in [0.15, 0.2) is 34.9 Å². The molecule has 1 N–H and O–H groups in total. The lowest BCUT2D eigenvalue weighted by Gasteiger charge is -2.04. The number of hydrogen-bond acceptors (Lipinski definition) is 1. The van der Waals surface area contributed by atoms with Crippen LogP contribution in [0.25, 0.3) is 0 Å². The van der Waals surface area contributed by atoms with E-state index in [9.17, 15) is 0 Å². The van der Waals surface area contributed by atoms with E-state index < -0.39 is 0 Å². The molecule has 0 aromatic rings. The van der Waals surface area contributed by atoms with Gasteiger partial charge in [-0.2, -0.15) is 0 Å². The third-order valence-electron chi connectivity index (χ3n) is 1.80. The number of rotatable bonds is 5. The Morgan fingerprint density at radius 3 is 2.20 bits per heavy atom. The van der Waals surface area contributed by atoms with Crippen LogP contribution in [-0.2, 0) is 0 Å². The van der Waals surface area contributed by atoms with Gasteiger partial charge in [0.05, 0.1) is 0 Å². The Morgan fingerprint density at radius 2 is 1.80 bits per heavy atom. The van der Waals surface area contributed by atoms with Crippen LogP contribution in [0, 0.1) is 0 Å². The van der Waals surface area contributed by atoms with E-state index in [1.165, 1.54) is 5.57 Å². The summed E-state index contributed by atoms with van der Waals surface area (Å²) in [5.74, 6) is 0. The summed E-state index contributed by atoms with van der Waals surface area (Å²) in [6.45, 7) is 12.9. The van der Waals surface area contributed by atoms with Crippen LogP contribution in [0.3, 0.4) is 0 Å². The molecule has 0 saturated carbocycles. The lowest BCUT2D eigenvalue weighted by molar-refractivity contribution is 0.790. The summed E-state index contributed by atoms with van der Waals surface area (Å²) in [7, 11) is 1.94. The van der Waals surface area contributed by atoms with Crippen molar-refractivity contribution in [2.75, 3.05) is 13.6 Å². The Kier molecular flexibility index (Phi) is 13.0. The Bertz CT molecular complexity index is 223. The van der Waals surface area contributed by atoms with E-state index >= 15 is 0 Å². The smallest absolute Gasteiger partial charge is 0.0150 e. The van der Waals surface area contributed by atoms with Crippen LogP contribution >= 0.6 is 11.6 Å². The molecule has 88 valence electrons. The summed E-state index contributed by atoms with van der Waals surface area (Å²) in [6.07, 6.45) is 4.87. The molecule has 15 heavy (non-hydrogen) atoms. The van der Waals surface area contributed by atoms with Crippen molar-refractivity contribution in [2.24, 2.45) is 0 Å². The second kappa shape index (κ2) is 11.5. The van der Waals surface area contributed by atoms with Crippen LogP contribution in [-0.4, -0.2) is 13.6 Å². The van der Waals surface area contributed by atoms with Crippen molar-refractivity contribution in [1.82, 2.24) is 5.32 Å². The molecule has 0 rings (SSSR count). The van der Waals surface area contributed by atoms with Crippen LogP contribution < -0.4 is 5.32 Å². The highest BCUT2D eigenvalue weighted by Gasteiger charge is 1.94. The first kappa shape index (κ1) is 16.9. The minimum atomic E-state index is 0.792. The first-order chi connectivity index (χ1) is 7.07. The lowest BCUT2D eigenvalue weighted by Crippen LogP contribution is -2.08. The molecule has 0 atom stereocenters. The van der Waals surface area contributed by atoms with Gasteiger partial charge in [-0.3, -0.25) is 0 Å². The molecule has 0 fully saturated rings. The highest BCUT2D eigenvalue weighted by atomic mass is 35.5. The van der Waals surface area contributed by atoms with Crippen molar-refractivity contribution >= 4 is 11.6 Å². The maximum atomic E-state index is 5.71. The van der Waals surface area contributed by atoms with Gasteiger partial charge in [0.2, 0.25) is 0 Å². The molecule has 0 aromatic carbocycles. The zero-order valence-corrected chi connectivity index (χ0v) is 11.4. The summed E-state index contributed by atoms with van der Waals surface area (Å²) in [6, 6.07) is 0. The Labute approximate surface area is 99.9 Å². The van der Waals surface area contributed by atoms with Crippen molar-refractivity contribution < 1.29 is 0 Å². The first-order valence-corrected chi connectivity index (χ1v) is 5.79. The second-order valence-corrected chi connectivity index (χ2v) is 3.66. The average molecular weight is 230 g/mol. The van der Waals surface area contributed by atoms with E-state index in [0.29, 0.717) is 0 Å². The molecule has 0 aromatic heterocycles. The molecule has 0 aliphatic carbocycles. The summed E-state index contributed by atoms with van der Waals surface area (Å²) in [4.78, 5) is 0. The van der Waals surface area contributed by atoms with E-state index in [-0.39, 0.29) is 0 Å². The minimum Gasteiger partial charge on any atom is -0.319 e. The number of nitrogens with one attached hydrogen (secondary N) is 1. The summed E-state index contributed by atoms with van der Waals surface area (Å²) in [5, 5.41) is 3.88. The van der Waals surface area contributed by atoms with Crippen molar-refractivity contribution in [1.29, 1.82) is 0 Å². The zero-order chi connectivity index (χ0) is 12.3. The van der Waals surface area contributed by atoms with Crippen LogP contribution in [0.2, 0.25) is 0 Å². The van der Waals surface area contributed by atoms with Gasteiger partial charge < -0.3 is 5.32 Å². The van der Waals surface area contributed by atoms with Gasteiger partial charge in [-0.15, -0.1) is 0 Å². The van der Waals surface area contributed by atoms with Gasteiger partial charge in [0.15, 0.2) is 0 Å². The fraction of sp³-hybridized carbons (Fsp3) is 0.538. The highest BCUT2D eigenvalue weighted by molar-refractivity contribution is 6.29. The Balaban J connectivity index is 0. The normalized spacial score (nSPS) is 11.9. The quantitative estimate of drug-likeness (QED) is 0.695. The molecule has 0 saturated heterocycles. The highest BCUT2D eigenvalue weighted by Crippen LogP contribution is 2.11. The average Bonchev–Trinajstić information content (AvgIpc) is 2.25. The molecule has 0 aliphatic rings. The molecule has 0 radical (unpaired) electrons. The molecule has 2 heteroatoms. The summed E-state index contributed by atoms with van der Waals surface area (Å²) in [5.41, 5.74) is 2.35. The molecule has 0 aliphatic heterocycles. The maximum Gasteiger partial charge on any atom is 0.0150 e. The second-order valence-electron chi connectivity index (χ2n) is 3.06. The predicted octanol–water partition coefficient (Wildman–Crippen LogP) is 4.27. The maximum absolute atomic E-state index is 5.71. The van der Waals surface area contributed by atoms with Gasteiger partial charge in [-0.05, 0) is 45.5 Å². The third-order valence-corrected chi connectivity index (χ3v) is 1.92. The van der Waals surface area contributed by atoms with E-state index in [0.717, 1.165) is 23.6 Å². The van der Waals surface area contributed by atoms with Gasteiger partial charge in [0.25, 0.3) is 0 Å². The van der Waals surface area contributed by atoms with E-state index in [2.05, 4.69) is 11.9 Å². The summed E-state index contributed by atoms with van der Waals surface area (Å²) >= 11 is 5.71. The van der Waals surface area contributed by atoms with Crippen molar-refractivity contribution in [2.45, 2.75) is 34.1 Å². The number of halogens is 1. The van der Waals surface area contributed by atoms with E-state index in [4.69, 9.17) is 11.6 Å². The molecule has 0 amide bonds. The fourth-order valence-corrected chi connectivity index (χ4v) is 0.894. The third kappa shape index (κ3) is 11.4. The van der Waals surface area contributed by atoms with Gasteiger partial charge >= 0.3 is 0 Å². The minimum absolute atomic E-state index is 0.792. The topological polar surface area (TPSA) is 12.0 Å². The lowest BCUT2D eigenvalue weighted by atomic mass is 10.1. The van der Waals surface area contributed by atoms with Gasteiger partial charge in [0, 0.05) is 5.03 Å². The first-order valence-electron chi connectivity index (χ1n) is 5.41. The van der Waals surface area contributed by atoms with Crippen LogP contribution in [0.1, 0.15) is 34.1 Å². The monoisotopic (exact) mass is 229 g/mol. The zero-order valence-electron chi connectivity index (χ0n) is 10.7. The molecule has 0 spiro atoms. The van der Waals surface area contributed by atoms with Crippen molar-refractivity contribution in [3.63, 3.8) is 0 Å². The molecular formula is C13H24ClN. The molecule has 0 unspecified atom stereocenters. The van der Waals surface area contributed by atoms with Gasteiger partial charge in [-0.1, -0.05) is 43.7 Å². The predicted molar refractivity (Wildman–Crippen MR) is 72.4 cm³/mol. The number of allylic oxidation sites excluding steroid dienone is 4. The van der Waals surface area contributed by atoms with Crippen molar-refractivity contribution in [3.8, 4) is 0 Å².